The molecule has 1 aliphatic rings. The molecule has 0 radical (unpaired) electrons. The van der Waals surface area contributed by atoms with Gasteiger partial charge in [-0.25, -0.2) is 0 Å². The molecular weight excluding hydrogens is 238 g/mol. The number of nitrogens with zero attached hydrogens (tertiary/aromatic N) is 1. The van der Waals surface area contributed by atoms with E-state index >= 15 is 0 Å². The second kappa shape index (κ2) is 5.33. The van der Waals surface area contributed by atoms with Crippen LogP contribution in [0.15, 0.2) is 30.3 Å². The Morgan fingerprint density at radius 1 is 1.32 bits per heavy atom. The van der Waals surface area contributed by atoms with Gasteiger partial charge in [-0.1, -0.05) is 51.1 Å². The van der Waals surface area contributed by atoms with Gasteiger partial charge < -0.3 is 5.11 Å². The number of carbonyl (C=O) groups is 1. The van der Waals surface area contributed by atoms with Gasteiger partial charge in [-0.3, -0.25) is 9.69 Å². The van der Waals surface area contributed by atoms with Gasteiger partial charge in [0.2, 0.25) is 0 Å². The standard InChI is InChI=1S/C16H23NO2/c1-16(2,3)13-10-17(11-13)14(9-15(18)19)12-7-5-4-6-8-12/h4-8,13-14H,9-11H2,1-3H3,(H,18,19). The van der Waals surface area contributed by atoms with Crippen molar-refractivity contribution in [2.75, 3.05) is 13.1 Å². The summed E-state index contributed by atoms with van der Waals surface area (Å²) in [7, 11) is 0. The van der Waals surface area contributed by atoms with E-state index in [1.54, 1.807) is 0 Å². The zero-order valence-electron chi connectivity index (χ0n) is 12.0. The van der Waals surface area contributed by atoms with Gasteiger partial charge in [0, 0.05) is 19.1 Å². The molecule has 0 aromatic heterocycles. The molecule has 1 unspecified atom stereocenters. The molecule has 0 saturated carbocycles. The Kier molecular flexibility index (Phi) is 3.95. The van der Waals surface area contributed by atoms with Crippen molar-refractivity contribution in [3.63, 3.8) is 0 Å². The summed E-state index contributed by atoms with van der Waals surface area (Å²) < 4.78 is 0. The molecule has 19 heavy (non-hydrogen) atoms. The molecule has 1 atom stereocenters. The van der Waals surface area contributed by atoms with E-state index in [0.29, 0.717) is 11.3 Å². The van der Waals surface area contributed by atoms with E-state index in [4.69, 9.17) is 5.11 Å². The fourth-order valence-corrected chi connectivity index (χ4v) is 2.61. The molecule has 1 saturated heterocycles. The highest BCUT2D eigenvalue weighted by Crippen LogP contribution is 2.39. The number of rotatable bonds is 4. The lowest BCUT2D eigenvalue weighted by molar-refractivity contribution is -0.139. The molecule has 1 heterocycles. The second-order valence-electron chi connectivity index (χ2n) is 6.54. The third kappa shape index (κ3) is 3.35. The molecule has 1 N–H and O–H groups in total. The highest BCUT2D eigenvalue weighted by atomic mass is 16.4. The van der Waals surface area contributed by atoms with Crippen LogP contribution in [0.2, 0.25) is 0 Å². The second-order valence-corrected chi connectivity index (χ2v) is 6.54. The zero-order valence-corrected chi connectivity index (χ0v) is 12.0. The van der Waals surface area contributed by atoms with Crippen LogP contribution in [0.1, 0.15) is 38.8 Å². The first-order chi connectivity index (χ1) is 8.88. The highest BCUT2D eigenvalue weighted by molar-refractivity contribution is 5.68. The minimum absolute atomic E-state index is 0.0114. The van der Waals surface area contributed by atoms with Crippen LogP contribution < -0.4 is 0 Å². The van der Waals surface area contributed by atoms with Gasteiger partial charge in [0.1, 0.15) is 0 Å². The normalized spacial score (nSPS) is 18.9. The van der Waals surface area contributed by atoms with Crippen molar-refractivity contribution in [1.82, 2.24) is 4.90 Å². The molecule has 2 rings (SSSR count). The summed E-state index contributed by atoms with van der Waals surface area (Å²) in [6.45, 7) is 8.75. The molecule has 0 aliphatic carbocycles. The molecule has 3 nitrogen and oxygen atoms in total. The van der Waals surface area contributed by atoms with E-state index in [0.717, 1.165) is 18.7 Å². The number of carboxylic acids is 1. The Labute approximate surface area is 115 Å². The summed E-state index contributed by atoms with van der Waals surface area (Å²) in [6.07, 6.45) is 0.181. The van der Waals surface area contributed by atoms with Gasteiger partial charge in [0.05, 0.1) is 6.42 Å². The van der Waals surface area contributed by atoms with Crippen LogP contribution in [0, 0.1) is 11.3 Å². The third-order valence-corrected chi connectivity index (χ3v) is 4.13. The number of hydrogen-bond acceptors (Lipinski definition) is 2. The Morgan fingerprint density at radius 3 is 2.37 bits per heavy atom. The van der Waals surface area contributed by atoms with Crippen molar-refractivity contribution in [1.29, 1.82) is 0 Å². The van der Waals surface area contributed by atoms with E-state index in [-0.39, 0.29) is 12.5 Å². The Hall–Kier alpha value is -1.35. The van der Waals surface area contributed by atoms with Gasteiger partial charge in [-0.2, -0.15) is 0 Å². The minimum atomic E-state index is -0.729. The van der Waals surface area contributed by atoms with Crippen molar-refractivity contribution in [3.05, 3.63) is 35.9 Å². The molecule has 1 aromatic rings. The lowest BCUT2D eigenvalue weighted by atomic mass is 9.75. The Bertz CT molecular complexity index is 430. The van der Waals surface area contributed by atoms with E-state index in [9.17, 15) is 4.79 Å². The quantitative estimate of drug-likeness (QED) is 0.905. The monoisotopic (exact) mass is 261 g/mol. The number of hydrogen-bond donors (Lipinski definition) is 1. The maximum atomic E-state index is 11.1. The van der Waals surface area contributed by atoms with E-state index < -0.39 is 5.97 Å². The number of benzene rings is 1. The molecule has 104 valence electrons. The van der Waals surface area contributed by atoms with Crippen molar-refractivity contribution < 1.29 is 9.90 Å². The maximum Gasteiger partial charge on any atom is 0.305 e. The number of carboxylic acid groups (broad SMARTS) is 1. The molecule has 1 fully saturated rings. The predicted molar refractivity (Wildman–Crippen MR) is 76.0 cm³/mol. The van der Waals surface area contributed by atoms with E-state index in [1.165, 1.54) is 0 Å². The first-order valence-electron chi connectivity index (χ1n) is 6.88. The lowest BCUT2D eigenvalue weighted by Crippen LogP contribution is -2.53. The maximum absolute atomic E-state index is 11.1. The van der Waals surface area contributed by atoms with Crippen LogP contribution in [0.25, 0.3) is 0 Å². The molecule has 3 heteroatoms. The smallest absolute Gasteiger partial charge is 0.305 e. The van der Waals surface area contributed by atoms with E-state index in [1.807, 2.05) is 30.3 Å². The predicted octanol–water partition coefficient (Wildman–Crippen LogP) is 3.18. The number of likely N-dealkylation sites (tertiary alicyclic amines) is 1. The summed E-state index contributed by atoms with van der Waals surface area (Å²) in [5, 5.41) is 9.11. The van der Waals surface area contributed by atoms with Crippen molar-refractivity contribution in [2.24, 2.45) is 11.3 Å². The third-order valence-electron chi connectivity index (χ3n) is 4.13. The summed E-state index contributed by atoms with van der Waals surface area (Å²) >= 11 is 0. The summed E-state index contributed by atoms with van der Waals surface area (Å²) in [5.74, 6) is -0.0689. The number of aliphatic carboxylic acids is 1. The van der Waals surface area contributed by atoms with Crippen LogP contribution in [0.4, 0.5) is 0 Å². The van der Waals surface area contributed by atoms with Gasteiger partial charge in [-0.15, -0.1) is 0 Å². The van der Waals surface area contributed by atoms with Crippen LogP contribution in [-0.2, 0) is 4.79 Å². The van der Waals surface area contributed by atoms with Crippen molar-refractivity contribution in [2.45, 2.75) is 33.2 Å². The van der Waals surface area contributed by atoms with Crippen LogP contribution in [-0.4, -0.2) is 29.1 Å². The van der Waals surface area contributed by atoms with Crippen LogP contribution in [0.5, 0.6) is 0 Å². The Morgan fingerprint density at radius 2 is 1.89 bits per heavy atom. The van der Waals surface area contributed by atoms with Crippen LogP contribution in [0.3, 0.4) is 0 Å². The van der Waals surface area contributed by atoms with Crippen molar-refractivity contribution >= 4 is 5.97 Å². The largest absolute Gasteiger partial charge is 0.481 e. The van der Waals surface area contributed by atoms with Gasteiger partial charge in [0.25, 0.3) is 0 Å². The topological polar surface area (TPSA) is 40.5 Å². The fraction of sp³-hybridized carbons (Fsp3) is 0.562. The summed E-state index contributed by atoms with van der Waals surface area (Å²) in [6, 6.07) is 9.99. The first-order valence-corrected chi connectivity index (χ1v) is 6.88. The average Bonchev–Trinajstić information content (AvgIpc) is 2.24. The lowest BCUT2D eigenvalue weighted by Gasteiger charge is -2.49. The first kappa shape index (κ1) is 14.1. The molecular formula is C16H23NO2. The molecule has 1 aromatic carbocycles. The summed E-state index contributed by atoms with van der Waals surface area (Å²) in [4.78, 5) is 13.4. The molecule has 1 aliphatic heterocycles. The SMILES string of the molecule is CC(C)(C)C1CN(C(CC(=O)O)c2ccccc2)C1. The van der Waals surface area contributed by atoms with E-state index in [2.05, 4.69) is 25.7 Å². The van der Waals surface area contributed by atoms with Crippen LogP contribution >= 0.6 is 0 Å². The fourth-order valence-electron chi connectivity index (χ4n) is 2.61. The molecule has 0 bridgehead atoms. The van der Waals surface area contributed by atoms with Crippen molar-refractivity contribution in [3.8, 4) is 0 Å². The highest BCUT2D eigenvalue weighted by Gasteiger charge is 2.39. The average molecular weight is 261 g/mol. The van der Waals surface area contributed by atoms with Gasteiger partial charge in [-0.05, 0) is 16.9 Å². The zero-order chi connectivity index (χ0) is 14.0. The minimum Gasteiger partial charge on any atom is -0.481 e. The summed E-state index contributed by atoms with van der Waals surface area (Å²) in [5.41, 5.74) is 1.42. The van der Waals surface area contributed by atoms with Gasteiger partial charge >= 0.3 is 5.97 Å². The van der Waals surface area contributed by atoms with Gasteiger partial charge in [0.15, 0.2) is 0 Å². The Balaban J connectivity index is 2.07. The molecule has 0 spiro atoms. The molecule has 0 amide bonds.